The molecule has 2 aromatic carbocycles. The maximum atomic E-state index is 11.0. The number of benzene rings is 2. The highest BCUT2D eigenvalue weighted by atomic mass is 16.3. The topological polar surface area (TPSA) is 89.8 Å². The summed E-state index contributed by atoms with van der Waals surface area (Å²) in [4.78, 5) is 11.0. The van der Waals surface area contributed by atoms with Crippen LogP contribution in [0.1, 0.15) is 27.0 Å². The zero-order chi connectivity index (χ0) is 15.6. The molecule has 0 amide bonds. The Hall–Kier alpha value is -2.69. The van der Waals surface area contributed by atoms with Gasteiger partial charge in [-0.25, -0.2) is 0 Å². The minimum atomic E-state index is 0.00104. The van der Waals surface area contributed by atoms with Crippen LogP contribution in [0.2, 0.25) is 0 Å². The molecule has 2 aromatic rings. The first kappa shape index (κ1) is 14.7. The molecule has 5 heteroatoms. The third-order valence-electron chi connectivity index (χ3n) is 3.48. The summed E-state index contributed by atoms with van der Waals surface area (Å²) in [5.74, 6) is 0.107. The zero-order valence-corrected chi connectivity index (χ0v) is 11.8. The van der Waals surface area contributed by atoms with Crippen molar-refractivity contribution in [2.24, 2.45) is 0 Å². The van der Waals surface area contributed by atoms with Gasteiger partial charge in [-0.05, 0) is 31.5 Å². The van der Waals surface area contributed by atoms with Crippen LogP contribution in [0.5, 0.6) is 17.2 Å². The van der Waals surface area contributed by atoms with Gasteiger partial charge < -0.3 is 20.6 Å². The van der Waals surface area contributed by atoms with E-state index in [-0.39, 0.29) is 23.8 Å². The van der Waals surface area contributed by atoms with Gasteiger partial charge in [0.1, 0.15) is 17.2 Å². The van der Waals surface area contributed by atoms with Crippen molar-refractivity contribution in [3.63, 3.8) is 0 Å². The Kier molecular flexibility index (Phi) is 4.03. The highest BCUT2D eigenvalue weighted by molar-refractivity contribution is 5.79. The van der Waals surface area contributed by atoms with E-state index in [1.165, 1.54) is 12.1 Å². The standard InChI is InChI=1S/C16H17NO4/c1-9-6-14(20)10(2)15(16(9)21)17-7-12-11(8-18)4-3-5-13(12)19/h3-6,8,17,19-21H,7H2,1-2H3. The predicted molar refractivity (Wildman–Crippen MR) is 80.1 cm³/mol. The van der Waals surface area contributed by atoms with E-state index in [4.69, 9.17) is 0 Å². The third-order valence-corrected chi connectivity index (χ3v) is 3.48. The summed E-state index contributed by atoms with van der Waals surface area (Å²) in [5, 5.41) is 32.7. The summed E-state index contributed by atoms with van der Waals surface area (Å²) < 4.78 is 0. The first-order valence-corrected chi connectivity index (χ1v) is 6.47. The van der Waals surface area contributed by atoms with Gasteiger partial charge in [0.25, 0.3) is 0 Å². The van der Waals surface area contributed by atoms with E-state index in [9.17, 15) is 20.1 Å². The number of phenols is 3. The van der Waals surface area contributed by atoms with E-state index in [1.807, 2.05) is 0 Å². The van der Waals surface area contributed by atoms with Gasteiger partial charge in [-0.15, -0.1) is 0 Å². The second-order valence-electron chi connectivity index (χ2n) is 4.88. The number of hydrogen-bond donors (Lipinski definition) is 4. The average molecular weight is 287 g/mol. The summed E-state index contributed by atoms with van der Waals surface area (Å²) in [7, 11) is 0. The summed E-state index contributed by atoms with van der Waals surface area (Å²) in [5.41, 5.74) is 2.23. The first-order chi connectivity index (χ1) is 9.95. The molecule has 0 aliphatic heterocycles. The largest absolute Gasteiger partial charge is 0.508 e. The van der Waals surface area contributed by atoms with E-state index in [0.717, 1.165) is 0 Å². The molecule has 0 unspecified atom stereocenters. The predicted octanol–water partition coefficient (Wildman–Crippen LogP) is 2.84. The van der Waals surface area contributed by atoms with Crippen molar-refractivity contribution in [3.8, 4) is 17.2 Å². The Bertz CT molecular complexity index is 669. The van der Waals surface area contributed by atoms with Gasteiger partial charge in [-0.3, -0.25) is 4.79 Å². The van der Waals surface area contributed by atoms with Gasteiger partial charge in [0.15, 0.2) is 6.29 Å². The van der Waals surface area contributed by atoms with Crippen molar-refractivity contribution in [3.05, 3.63) is 46.5 Å². The fourth-order valence-electron chi connectivity index (χ4n) is 2.17. The summed E-state index contributed by atoms with van der Waals surface area (Å²) in [6, 6.07) is 6.16. The molecule has 0 atom stereocenters. The lowest BCUT2D eigenvalue weighted by molar-refractivity contribution is 0.112. The van der Waals surface area contributed by atoms with Gasteiger partial charge in [0.2, 0.25) is 0 Å². The molecule has 0 aromatic heterocycles. The van der Waals surface area contributed by atoms with Crippen molar-refractivity contribution in [1.82, 2.24) is 0 Å². The molecular formula is C16H17NO4. The molecule has 0 saturated carbocycles. The van der Waals surface area contributed by atoms with E-state index in [2.05, 4.69) is 5.32 Å². The number of carbonyl (C=O) groups is 1. The van der Waals surface area contributed by atoms with Crippen LogP contribution in [0.4, 0.5) is 5.69 Å². The van der Waals surface area contributed by atoms with Crippen molar-refractivity contribution >= 4 is 12.0 Å². The number of nitrogens with one attached hydrogen (secondary N) is 1. The van der Waals surface area contributed by atoms with Crippen molar-refractivity contribution in [2.75, 3.05) is 5.32 Å². The number of aldehydes is 1. The summed E-state index contributed by atoms with van der Waals surface area (Å²) >= 11 is 0. The second kappa shape index (κ2) is 5.75. The lowest BCUT2D eigenvalue weighted by Gasteiger charge is -2.16. The van der Waals surface area contributed by atoms with E-state index < -0.39 is 0 Å². The molecule has 21 heavy (non-hydrogen) atoms. The Labute approximate surface area is 122 Å². The monoisotopic (exact) mass is 287 g/mol. The van der Waals surface area contributed by atoms with Crippen molar-refractivity contribution in [1.29, 1.82) is 0 Å². The highest BCUT2D eigenvalue weighted by Gasteiger charge is 2.14. The number of anilines is 1. The van der Waals surface area contributed by atoms with E-state index in [1.54, 1.807) is 26.0 Å². The van der Waals surface area contributed by atoms with Crippen LogP contribution in [-0.2, 0) is 6.54 Å². The van der Waals surface area contributed by atoms with E-state index >= 15 is 0 Å². The molecule has 0 radical (unpaired) electrons. The normalized spacial score (nSPS) is 10.4. The van der Waals surface area contributed by atoms with Gasteiger partial charge >= 0.3 is 0 Å². The Morgan fingerprint density at radius 1 is 1.14 bits per heavy atom. The van der Waals surface area contributed by atoms with Crippen LogP contribution in [-0.4, -0.2) is 21.6 Å². The fraction of sp³-hybridized carbons (Fsp3) is 0.188. The molecule has 0 saturated heterocycles. The molecule has 110 valence electrons. The summed E-state index contributed by atoms with van der Waals surface area (Å²) in [6.07, 6.45) is 0.664. The molecule has 0 heterocycles. The molecule has 0 fully saturated rings. The number of aryl methyl sites for hydroxylation is 1. The number of phenolic OH excluding ortho intramolecular Hbond substituents is 3. The lowest BCUT2D eigenvalue weighted by atomic mass is 10.1. The van der Waals surface area contributed by atoms with Crippen LogP contribution in [0.25, 0.3) is 0 Å². The van der Waals surface area contributed by atoms with Crippen LogP contribution >= 0.6 is 0 Å². The Balaban J connectivity index is 2.36. The smallest absolute Gasteiger partial charge is 0.150 e. The lowest BCUT2D eigenvalue weighted by Crippen LogP contribution is -2.05. The zero-order valence-electron chi connectivity index (χ0n) is 11.8. The van der Waals surface area contributed by atoms with Crippen molar-refractivity contribution in [2.45, 2.75) is 20.4 Å². The molecule has 0 spiro atoms. The fourth-order valence-corrected chi connectivity index (χ4v) is 2.17. The van der Waals surface area contributed by atoms with Crippen LogP contribution in [0.15, 0.2) is 24.3 Å². The van der Waals surface area contributed by atoms with E-state index in [0.29, 0.717) is 34.2 Å². The molecule has 5 nitrogen and oxygen atoms in total. The maximum Gasteiger partial charge on any atom is 0.150 e. The van der Waals surface area contributed by atoms with Gasteiger partial charge in [0, 0.05) is 23.2 Å². The molecule has 0 aliphatic carbocycles. The van der Waals surface area contributed by atoms with Gasteiger partial charge in [-0.2, -0.15) is 0 Å². The van der Waals surface area contributed by atoms with Crippen LogP contribution in [0, 0.1) is 13.8 Å². The number of rotatable bonds is 4. The molecule has 4 N–H and O–H groups in total. The second-order valence-corrected chi connectivity index (χ2v) is 4.88. The Morgan fingerprint density at radius 2 is 1.86 bits per heavy atom. The molecule has 0 bridgehead atoms. The molecular weight excluding hydrogens is 270 g/mol. The third kappa shape index (κ3) is 2.76. The maximum absolute atomic E-state index is 11.0. The first-order valence-electron chi connectivity index (χ1n) is 6.47. The minimum absolute atomic E-state index is 0.00104. The number of hydrogen-bond acceptors (Lipinski definition) is 5. The quantitative estimate of drug-likeness (QED) is 0.394. The Morgan fingerprint density at radius 3 is 2.52 bits per heavy atom. The highest BCUT2D eigenvalue weighted by Crippen LogP contribution is 2.37. The minimum Gasteiger partial charge on any atom is -0.508 e. The van der Waals surface area contributed by atoms with Crippen molar-refractivity contribution < 1.29 is 20.1 Å². The summed E-state index contributed by atoms with van der Waals surface area (Å²) in [6.45, 7) is 3.50. The SMILES string of the molecule is Cc1cc(O)c(C)c(NCc2c(O)cccc2C=O)c1O. The van der Waals surface area contributed by atoms with Gasteiger partial charge in [0.05, 0.1) is 5.69 Å². The number of aromatic hydroxyl groups is 3. The average Bonchev–Trinajstić information content (AvgIpc) is 2.46. The van der Waals surface area contributed by atoms with Crippen LogP contribution < -0.4 is 5.32 Å². The van der Waals surface area contributed by atoms with Crippen LogP contribution in [0.3, 0.4) is 0 Å². The van der Waals surface area contributed by atoms with Gasteiger partial charge in [-0.1, -0.05) is 12.1 Å². The number of carbonyl (C=O) groups excluding carboxylic acids is 1. The molecule has 0 aliphatic rings. The molecule has 2 rings (SSSR count).